The fourth-order valence-electron chi connectivity index (χ4n) is 4.08. The minimum atomic E-state index is 0.448. The van der Waals surface area contributed by atoms with E-state index in [-0.39, 0.29) is 0 Å². The molecule has 0 amide bonds. The summed E-state index contributed by atoms with van der Waals surface area (Å²) in [4.78, 5) is 2.52. The molecule has 0 bridgehead atoms. The topological polar surface area (TPSA) is 40.5 Å². The molecule has 0 aliphatic rings. The maximum Gasteiger partial charge on any atom is 0.119 e. The highest BCUT2D eigenvalue weighted by Gasteiger charge is 2.15. The van der Waals surface area contributed by atoms with E-state index in [0.29, 0.717) is 11.5 Å². The molecule has 0 saturated carbocycles. The van der Waals surface area contributed by atoms with Crippen molar-refractivity contribution in [1.82, 2.24) is 0 Å². The molecule has 31 heavy (non-hydrogen) atoms. The van der Waals surface area contributed by atoms with Crippen molar-refractivity contribution in [3.05, 3.63) is 46.5 Å². The summed E-state index contributed by atoms with van der Waals surface area (Å²) in [5.74, 6) is 0.896. The molecule has 2 rings (SSSR count). The molecular formula is C28H42O2S. The number of hydrogen-bond donors (Lipinski definition) is 2. The first-order valence-electron chi connectivity index (χ1n) is 12.4. The number of phenolic OH excluding ortho intramolecular Hbond substituents is 2. The van der Waals surface area contributed by atoms with Crippen LogP contribution >= 0.6 is 11.8 Å². The predicted octanol–water partition coefficient (Wildman–Crippen LogP) is 8.62. The zero-order valence-electron chi connectivity index (χ0n) is 20.1. The molecule has 0 heterocycles. The molecule has 0 atom stereocenters. The van der Waals surface area contributed by atoms with Gasteiger partial charge in [0, 0.05) is 9.79 Å². The fourth-order valence-corrected chi connectivity index (χ4v) is 5.30. The van der Waals surface area contributed by atoms with Gasteiger partial charge in [0.25, 0.3) is 0 Å². The van der Waals surface area contributed by atoms with Gasteiger partial charge in [0.2, 0.25) is 0 Å². The van der Waals surface area contributed by atoms with Gasteiger partial charge in [-0.15, -0.1) is 0 Å². The van der Waals surface area contributed by atoms with Gasteiger partial charge in [-0.2, -0.15) is 0 Å². The smallest absolute Gasteiger partial charge is 0.119 e. The Morgan fingerprint density at radius 2 is 0.935 bits per heavy atom. The van der Waals surface area contributed by atoms with Crippen LogP contribution in [-0.2, 0) is 25.7 Å². The van der Waals surface area contributed by atoms with Crippen LogP contribution in [0.1, 0.15) is 101 Å². The zero-order valence-corrected chi connectivity index (χ0v) is 20.9. The lowest BCUT2D eigenvalue weighted by Crippen LogP contribution is -1.97. The van der Waals surface area contributed by atoms with Crippen molar-refractivity contribution in [2.75, 3.05) is 0 Å². The highest BCUT2D eigenvalue weighted by atomic mass is 32.2. The fraction of sp³-hybridized carbons (Fsp3) is 0.571. The van der Waals surface area contributed by atoms with Crippen molar-refractivity contribution < 1.29 is 10.2 Å². The van der Waals surface area contributed by atoms with Crippen LogP contribution in [0.2, 0.25) is 0 Å². The van der Waals surface area contributed by atoms with Gasteiger partial charge in [0.15, 0.2) is 0 Å². The highest BCUT2D eigenvalue weighted by molar-refractivity contribution is 7.99. The first kappa shape index (κ1) is 25.6. The quantitative estimate of drug-likeness (QED) is 0.288. The second-order valence-electron chi connectivity index (χ2n) is 8.69. The van der Waals surface area contributed by atoms with Crippen LogP contribution in [0.15, 0.2) is 34.1 Å². The van der Waals surface area contributed by atoms with Crippen molar-refractivity contribution in [1.29, 1.82) is 0 Å². The van der Waals surface area contributed by atoms with E-state index in [9.17, 15) is 10.2 Å². The summed E-state index contributed by atoms with van der Waals surface area (Å²) in [6.07, 6.45) is 12.9. The second kappa shape index (κ2) is 13.7. The molecule has 0 radical (unpaired) electrons. The first-order valence-corrected chi connectivity index (χ1v) is 13.2. The second-order valence-corrected chi connectivity index (χ2v) is 9.78. The van der Waals surface area contributed by atoms with E-state index in [1.807, 2.05) is 23.9 Å². The highest BCUT2D eigenvalue weighted by Crippen LogP contribution is 2.40. The molecule has 2 nitrogen and oxygen atoms in total. The van der Waals surface area contributed by atoms with Crippen molar-refractivity contribution >= 4 is 11.8 Å². The van der Waals surface area contributed by atoms with Crippen LogP contribution in [0.4, 0.5) is 0 Å². The van der Waals surface area contributed by atoms with E-state index in [1.54, 1.807) is 0 Å². The summed E-state index contributed by atoms with van der Waals surface area (Å²) in [5, 5.41) is 21.2. The average molecular weight is 443 g/mol. The number of phenols is 2. The van der Waals surface area contributed by atoms with Crippen LogP contribution in [-0.4, -0.2) is 10.2 Å². The molecule has 3 heteroatoms. The number of hydrogen-bond acceptors (Lipinski definition) is 3. The van der Waals surface area contributed by atoms with Gasteiger partial charge in [-0.25, -0.2) is 0 Å². The molecule has 172 valence electrons. The number of aromatic hydroxyl groups is 2. The summed E-state index contributed by atoms with van der Waals surface area (Å²) < 4.78 is 0. The van der Waals surface area contributed by atoms with Gasteiger partial charge in [-0.1, -0.05) is 78.0 Å². The summed E-state index contributed by atoms with van der Waals surface area (Å²) in [6, 6.07) is 8.43. The predicted molar refractivity (Wildman–Crippen MR) is 135 cm³/mol. The van der Waals surface area contributed by atoms with Gasteiger partial charge in [0.1, 0.15) is 11.5 Å². The van der Waals surface area contributed by atoms with E-state index in [1.165, 1.54) is 46.6 Å². The van der Waals surface area contributed by atoms with Gasteiger partial charge in [0.05, 0.1) is 0 Å². The summed E-state index contributed by atoms with van der Waals surface area (Å²) >= 11 is 1.82. The molecular weight excluding hydrogens is 400 g/mol. The van der Waals surface area contributed by atoms with E-state index >= 15 is 0 Å². The van der Waals surface area contributed by atoms with E-state index in [0.717, 1.165) is 62.5 Å². The molecule has 0 unspecified atom stereocenters. The Balaban J connectivity index is 2.40. The third-order valence-electron chi connectivity index (χ3n) is 5.88. The van der Waals surface area contributed by atoms with Crippen molar-refractivity contribution in [3.8, 4) is 11.5 Å². The van der Waals surface area contributed by atoms with Gasteiger partial charge in [-0.3, -0.25) is 0 Å². The van der Waals surface area contributed by atoms with Crippen molar-refractivity contribution in [2.45, 2.75) is 115 Å². The van der Waals surface area contributed by atoms with Crippen molar-refractivity contribution in [3.63, 3.8) is 0 Å². The van der Waals surface area contributed by atoms with Crippen LogP contribution in [0.5, 0.6) is 11.5 Å². The molecule has 0 spiro atoms. The van der Waals surface area contributed by atoms with E-state index in [2.05, 4.69) is 39.8 Å². The maximum atomic E-state index is 10.6. The number of aryl methyl sites for hydroxylation is 4. The van der Waals surface area contributed by atoms with E-state index in [4.69, 9.17) is 0 Å². The number of unbranched alkanes of at least 4 members (excludes halogenated alkanes) is 4. The third kappa shape index (κ3) is 7.79. The normalized spacial score (nSPS) is 11.2. The largest absolute Gasteiger partial charge is 0.508 e. The molecule has 0 fully saturated rings. The van der Waals surface area contributed by atoms with Gasteiger partial charge >= 0.3 is 0 Å². The van der Waals surface area contributed by atoms with E-state index < -0.39 is 0 Å². The lowest BCUT2D eigenvalue weighted by atomic mass is 10.0. The van der Waals surface area contributed by atoms with Gasteiger partial charge in [-0.05, 0) is 85.0 Å². The summed E-state index contributed by atoms with van der Waals surface area (Å²) in [6.45, 7) is 8.80. The molecule has 2 aromatic rings. The molecule has 0 aliphatic heterocycles. The van der Waals surface area contributed by atoms with Crippen LogP contribution in [0.25, 0.3) is 0 Å². The maximum absolute atomic E-state index is 10.6. The molecule has 0 aliphatic carbocycles. The van der Waals surface area contributed by atoms with Crippen LogP contribution in [0, 0.1) is 0 Å². The standard InChI is InChI=1S/C28H42O2S/c1-5-9-11-15-21-19-27(23(13-7-3)17-25(21)29)31-28-20-22(16-12-10-6-2)26(30)18-24(28)14-8-4/h17-20,29-30H,5-16H2,1-4H3. The third-order valence-corrected chi connectivity index (χ3v) is 7.08. The molecule has 0 aromatic heterocycles. The summed E-state index contributed by atoms with van der Waals surface area (Å²) in [7, 11) is 0. The Bertz CT molecular complexity index is 746. The minimum Gasteiger partial charge on any atom is -0.508 e. The average Bonchev–Trinajstić information content (AvgIpc) is 2.74. The Hall–Kier alpha value is -1.61. The van der Waals surface area contributed by atoms with Gasteiger partial charge < -0.3 is 10.2 Å². The molecule has 0 saturated heterocycles. The Labute approximate surface area is 194 Å². The lowest BCUT2D eigenvalue weighted by Gasteiger charge is -2.17. The monoisotopic (exact) mass is 442 g/mol. The number of rotatable bonds is 14. The Kier molecular flexibility index (Phi) is 11.4. The SMILES string of the molecule is CCCCCc1cc(Sc2cc(CCCCC)c(O)cc2CCC)c(CCC)cc1O. The van der Waals surface area contributed by atoms with Crippen LogP contribution in [0.3, 0.4) is 0 Å². The Morgan fingerprint density at radius 3 is 1.29 bits per heavy atom. The lowest BCUT2D eigenvalue weighted by molar-refractivity contribution is 0.464. The first-order chi connectivity index (χ1) is 15.0. The van der Waals surface area contributed by atoms with Crippen LogP contribution < -0.4 is 0 Å². The number of benzene rings is 2. The van der Waals surface area contributed by atoms with Crippen molar-refractivity contribution in [2.24, 2.45) is 0 Å². The zero-order chi connectivity index (χ0) is 22.6. The molecule has 2 N–H and O–H groups in total. The minimum absolute atomic E-state index is 0.448. The molecule has 2 aromatic carbocycles. The Morgan fingerprint density at radius 1 is 0.516 bits per heavy atom. The summed E-state index contributed by atoms with van der Waals surface area (Å²) in [5.41, 5.74) is 4.59.